The topological polar surface area (TPSA) is 231 Å². The Labute approximate surface area is 389 Å². The standard InChI is InChI=1S/C50H88O15/c1-3-5-7-9-11-13-15-17-18-19-20-21-23-24-26-28-30-32-41(52)60-35-38(63-42(53)33-31-29-27-25-22-16-14-12-10-8-6-4-2)36-61-49-48(59)46(57)44(55)40(65-49)37-62-50-47(58)45(56)43(54)39(34-51)64-50/h11,13,17-18,20-21,38-40,43-51,54-59H,3-10,12,14-16,19,22-37H2,1-2H3/b13-11+,18-17+,21-20+/t38-,39+,40+,43-,44-,45?,46?,47?,48?,49+,50+/m0/s1. The maximum atomic E-state index is 13.0. The van der Waals surface area contributed by atoms with E-state index in [1.165, 1.54) is 70.6 Å². The summed E-state index contributed by atoms with van der Waals surface area (Å²) in [7, 11) is 0. The number of ether oxygens (including phenoxy) is 6. The molecule has 0 radical (unpaired) electrons. The molecule has 65 heavy (non-hydrogen) atoms. The molecular formula is C50H88O15. The minimum Gasteiger partial charge on any atom is -0.462 e. The Morgan fingerprint density at radius 3 is 1.48 bits per heavy atom. The van der Waals surface area contributed by atoms with Crippen LogP contribution >= 0.6 is 0 Å². The Morgan fingerprint density at radius 2 is 0.923 bits per heavy atom. The zero-order valence-corrected chi connectivity index (χ0v) is 39.7. The van der Waals surface area contributed by atoms with Gasteiger partial charge >= 0.3 is 11.9 Å². The van der Waals surface area contributed by atoms with E-state index in [9.17, 15) is 45.3 Å². The predicted molar refractivity (Wildman–Crippen MR) is 247 cm³/mol. The van der Waals surface area contributed by atoms with Crippen LogP contribution < -0.4 is 0 Å². The molecular weight excluding hydrogens is 841 g/mol. The van der Waals surface area contributed by atoms with Gasteiger partial charge in [0.2, 0.25) is 0 Å². The Bertz CT molecular complexity index is 1280. The molecule has 0 aliphatic carbocycles. The first-order chi connectivity index (χ1) is 31.5. The van der Waals surface area contributed by atoms with E-state index in [0.29, 0.717) is 12.8 Å². The third kappa shape index (κ3) is 26.2. The van der Waals surface area contributed by atoms with Crippen LogP contribution in [-0.4, -0.2) is 142 Å². The normalized spacial score (nSPS) is 26.7. The number of hydrogen-bond acceptors (Lipinski definition) is 15. The zero-order chi connectivity index (χ0) is 47.5. The molecule has 0 spiro atoms. The van der Waals surface area contributed by atoms with Crippen molar-refractivity contribution in [3.05, 3.63) is 36.5 Å². The van der Waals surface area contributed by atoms with Crippen molar-refractivity contribution in [2.24, 2.45) is 0 Å². The molecule has 11 atom stereocenters. The summed E-state index contributed by atoms with van der Waals surface area (Å²) in [4.78, 5) is 25.7. The van der Waals surface area contributed by atoms with Gasteiger partial charge in [0.1, 0.15) is 55.4 Å². The fourth-order valence-electron chi connectivity index (χ4n) is 7.69. The monoisotopic (exact) mass is 929 g/mol. The molecule has 7 N–H and O–H groups in total. The van der Waals surface area contributed by atoms with Crippen molar-refractivity contribution >= 4 is 11.9 Å². The zero-order valence-electron chi connectivity index (χ0n) is 39.7. The van der Waals surface area contributed by atoms with E-state index in [1.807, 2.05) is 0 Å². The van der Waals surface area contributed by atoms with Gasteiger partial charge in [-0.15, -0.1) is 0 Å². The number of rotatable bonds is 38. The highest BCUT2D eigenvalue weighted by Crippen LogP contribution is 2.26. The second-order valence-corrected chi connectivity index (χ2v) is 17.6. The third-order valence-corrected chi connectivity index (χ3v) is 11.9. The van der Waals surface area contributed by atoms with Crippen molar-refractivity contribution < 1.29 is 73.8 Å². The highest BCUT2D eigenvalue weighted by molar-refractivity contribution is 5.70. The van der Waals surface area contributed by atoms with E-state index in [0.717, 1.165) is 64.2 Å². The number of aliphatic hydroxyl groups excluding tert-OH is 7. The molecule has 2 fully saturated rings. The summed E-state index contributed by atoms with van der Waals surface area (Å²) < 4.78 is 33.5. The van der Waals surface area contributed by atoms with Crippen LogP contribution in [0.4, 0.5) is 0 Å². The minimum atomic E-state index is -1.77. The molecule has 0 amide bonds. The van der Waals surface area contributed by atoms with E-state index >= 15 is 0 Å². The van der Waals surface area contributed by atoms with Gasteiger partial charge in [-0.2, -0.15) is 0 Å². The molecule has 15 heteroatoms. The summed E-state index contributed by atoms with van der Waals surface area (Å²) in [5, 5.41) is 72.0. The second-order valence-electron chi connectivity index (χ2n) is 17.6. The molecule has 0 bridgehead atoms. The summed E-state index contributed by atoms with van der Waals surface area (Å²) in [5.41, 5.74) is 0. The second kappa shape index (κ2) is 37.7. The van der Waals surface area contributed by atoms with Crippen molar-refractivity contribution in [2.75, 3.05) is 26.4 Å². The molecule has 4 unspecified atom stereocenters. The molecule has 0 aromatic heterocycles. The van der Waals surface area contributed by atoms with Crippen LogP contribution in [0.3, 0.4) is 0 Å². The third-order valence-electron chi connectivity index (χ3n) is 11.9. The van der Waals surface area contributed by atoms with Gasteiger partial charge in [-0.05, 0) is 51.4 Å². The van der Waals surface area contributed by atoms with E-state index in [1.54, 1.807) is 0 Å². The maximum Gasteiger partial charge on any atom is 0.306 e. The van der Waals surface area contributed by atoms with E-state index in [-0.39, 0.29) is 26.1 Å². The van der Waals surface area contributed by atoms with Crippen LogP contribution in [0.25, 0.3) is 0 Å². The average molecular weight is 929 g/mol. The number of hydrogen-bond donors (Lipinski definition) is 7. The Hall–Kier alpha value is -2.28. The van der Waals surface area contributed by atoms with Crippen LogP contribution in [-0.2, 0) is 38.0 Å². The SMILES string of the molecule is CCCCC/C=C/C/C=C/C/C=C/CCCCCCC(=O)OC[C@@H](CO[C@@H]1O[C@H](CO[C@@H]2O[C@H](CO)[C@H](O)C(O)C2O)[C@H](O)C(O)C1O)OC(=O)CCCCCCCCCCCCCC. The predicted octanol–water partition coefficient (Wildman–Crippen LogP) is 6.54. The average Bonchev–Trinajstić information content (AvgIpc) is 3.30. The molecule has 15 nitrogen and oxygen atoms in total. The lowest BCUT2D eigenvalue weighted by Gasteiger charge is -2.42. The highest BCUT2D eigenvalue weighted by atomic mass is 16.7. The number of carbonyl (C=O) groups is 2. The van der Waals surface area contributed by atoms with Crippen LogP contribution in [0, 0.1) is 0 Å². The lowest BCUT2D eigenvalue weighted by atomic mass is 9.98. The van der Waals surface area contributed by atoms with Gasteiger partial charge in [-0.25, -0.2) is 0 Å². The summed E-state index contributed by atoms with van der Waals surface area (Å²) in [6.07, 6.45) is 21.7. The summed E-state index contributed by atoms with van der Waals surface area (Å²) in [6.45, 7) is 2.53. The molecule has 0 aromatic carbocycles. The number of unbranched alkanes of at least 4 members (excludes halogenated alkanes) is 18. The highest BCUT2D eigenvalue weighted by Gasteiger charge is 2.47. The number of allylic oxidation sites excluding steroid dienone is 6. The largest absolute Gasteiger partial charge is 0.462 e. The first-order valence-electron chi connectivity index (χ1n) is 25.1. The van der Waals surface area contributed by atoms with Crippen molar-refractivity contribution in [1.29, 1.82) is 0 Å². The number of aliphatic hydroxyl groups is 7. The Balaban J connectivity index is 1.82. The van der Waals surface area contributed by atoms with E-state index in [2.05, 4.69) is 50.3 Å². The van der Waals surface area contributed by atoms with E-state index < -0.39 is 92.7 Å². The molecule has 2 aliphatic rings. The van der Waals surface area contributed by atoms with E-state index in [4.69, 9.17) is 28.4 Å². The molecule has 2 saturated heterocycles. The maximum absolute atomic E-state index is 13.0. The molecule has 378 valence electrons. The van der Waals surface area contributed by atoms with Crippen molar-refractivity contribution in [2.45, 2.75) is 242 Å². The van der Waals surface area contributed by atoms with Crippen molar-refractivity contribution in [3.63, 3.8) is 0 Å². The molecule has 0 saturated carbocycles. The first-order valence-corrected chi connectivity index (χ1v) is 25.1. The van der Waals surface area contributed by atoms with Crippen LogP contribution in [0.2, 0.25) is 0 Å². The van der Waals surface area contributed by atoms with Crippen molar-refractivity contribution in [1.82, 2.24) is 0 Å². The van der Waals surface area contributed by atoms with Crippen LogP contribution in [0.15, 0.2) is 36.5 Å². The lowest BCUT2D eigenvalue weighted by Crippen LogP contribution is -2.61. The summed E-state index contributed by atoms with van der Waals surface area (Å²) in [6, 6.07) is 0. The minimum absolute atomic E-state index is 0.162. The summed E-state index contributed by atoms with van der Waals surface area (Å²) in [5.74, 6) is -0.948. The van der Waals surface area contributed by atoms with Gasteiger partial charge in [0.05, 0.1) is 19.8 Å². The molecule has 2 aliphatic heterocycles. The summed E-state index contributed by atoms with van der Waals surface area (Å²) >= 11 is 0. The Kier molecular flexibility index (Phi) is 34.1. The number of carbonyl (C=O) groups excluding carboxylic acids is 2. The van der Waals surface area contributed by atoms with Gasteiger partial charge in [0, 0.05) is 12.8 Å². The van der Waals surface area contributed by atoms with Crippen LogP contribution in [0.5, 0.6) is 0 Å². The van der Waals surface area contributed by atoms with Crippen molar-refractivity contribution in [3.8, 4) is 0 Å². The quantitative estimate of drug-likeness (QED) is 0.0198. The molecule has 2 heterocycles. The van der Waals surface area contributed by atoms with Gasteiger partial charge in [0.15, 0.2) is 18.7 Å². The first kappa shape index (κ1) is 58.8. The van der Waals surface area contributed by atoms with Gasteiger partial charge in [-0.3, -0.25) is 9.59 Å². The number of esters is 2. The lowest BCUT2D eigenvalue weighted by molar-refractivity contribution is -0.332. The van der Waals surface area contributed by atoms with Gasteiger partial charge in [-0.1, -0.05) is 147 Å². The fraction of sp³-hybridized carbons (Fsp3) is 0.840. The molecule has 0 aromatic rings. The van der Waals surface area contributed by atoms with Gasteiger partial charge in [0.25, 0.3) is 0 Å². The smallest absolute Gasteiger partial charge is 0.306 e. The van der Waals surface area contributed by atoms with Crippen LogP contribution in [0.1, 0.15) is 174 Å². The molecule has 2 rings (SSSR count). The fourth-order valence-corrected chi connectivity index (χ4v) is 7.69. The Morgan fingerprint density at radius 1 is 0.492 bits per heavy atom. The van der Waals surface area contributed by atoms with Gasteiger partial charge < -0.3 is 64.2 Å².